The van der Waals surface area contributed by atoms with Crippen molar-refractivity contribution in [1.29, 1.82) is 0 Å². The van der Waals surface area contributed by atoms with Crippen LogP contribution in [0.4, 0.5) is 10.1 Å². The van der Waals surface area contributed by atoms with Gasteiger partial charge < -0.3 is 24.1 Å². The lowest BCUT2D eigenvalue weighted by Gasteiger charge is -2.30. The van der Waals surface area contributed by atoms with Crippen LogP contribution in [0, 0.1) is 11.7 Å². The summed E-state index contributed by atoms with van der Waals surface area (Å²) in [7, 11) is -2.27. The number of hydrogen-bond acceptors (Lipinski definition) is 9. The van der Waals surface area contributed by atoms with Gasteiger partial charge in [0.25, 0.3) is 10.0 Å². The first-order valence-corrected chi connectivity index (χ1v) is 15.8. The van der Waals surface area contributed by atoms with Crippen LogP contribution in [0.25, 0.3) is 10.9 Å². The molecule has 10 nitrogen and oxygen atoms in total. The molecule has 2 aliphatic rings. The number of ether oxygens (including phenoxy) is 3. The summed E-state index contributed by atoms with van der Waals surface area (Å²) in [5.41, 5.74) is 3.65. The predicted molar refractivity (Wildman–Crippen MR) is 161 cm³/mol. The molecule has 2 aromatic carbocycles. The van der Waals surface area contributed by atoms with E-state index in [1.165, 1.54) is 31.2 Å². The Balaban J connectivity index is 1.27. The third-order valence-electron chi connectivity index (χ3n) is 7.45. The molecule has 5 rings (SSSR count). The number of nitrogens with one attached hydrogen (secondary N) is 2. The number of likely N-dealkylation sites (tertiary alicyclic amines) is 1. The summed E-state index contributed by atoms with van der Waals surface area (Å²) in [4.78, 5) is 7.11. The number of benzene rings is 2. The molecule has 3 heterocycles. The maximum atomic E-state index is 15.1. The van der Waals surface area contributed by atoms with Crippen LogP contribution in [0.2, 0.25) is 0 Å². The minimum Gasteiger partial charge on any atom is -0.493 e. The molecular weight excluding hydrogens is 561 g/mol. The molecule has 1 atom stereocenters. The zero-order chi connectivity index (χ0) is 29.7. The second-order valence-corrected chi connectivity index (χ2v) is 12.4. The molecule has 42 heavy (non-hydrogen) atoms. The van der Waals surface area contributed by atoms with E-state index in [0.717, 1.165) is 38.0 Å². The summed E-state index contributed by atoms with van der Waals surface area (Å²) in [6, 6.07) is 9.13. The standard InChI is InChI=1S/C30H38FN5O5S/c1-4-36-20-23(18-33-36)42(37,38)34-22-8-9-28(25(31)15-22)41-27-10-11-32-26-17-30(29(39-3)16-24(26)27)40-14-6-13-35-12-5-7-21(2)19-35/h8-11,15-17,20-21,33-34H,4-7,12-14,18-19H2,1-3H3. The summed E-state index contributed by atoms with van der Waals surface area (Å²) in [6.45, 7) is 8.80. The van der Waals surface area contributed by atoms with Gasteiger partial charge in [0, 0.05) is 49.6 Å². The molecule has 0 amide bonds. The third kappa shape index (κ3) is 7.05. The molecule has 0 bridgehead atoms. The Bertz CT molecular complexity index is 1550. The van der Waals surface area contributed by atoms with Crippen molar-refractivity contribution < 1.29 is 27.0 Å². The number of nitrogens with zero attached hydrogens (tertiary/aromatic N) is 3. The maximum Gasteiger partial charge on any atom is 0.260 e. The number of pyridine rings is 1. The summed E-state index contributed by atoms with van der Waals surface area (Å²) in [6.07, 6.45) is 6.55. The van der Waals surface area contributed by atoms with Gasteiger partial charge in [-0.25, -0.2) is 18.2 Å². The van der Waals surface area contributed by atoms with Crippen LogP contribution >= 0.6 is 0 Å². The average molecular weight is 600 g/mol. The van der Waals surface area contributed by atoms with E-state index in [9.17, 15) is 8.42 Å². The largest absolute Gasteiger partial charge is 0.493 e. The lowest BCUT2D eigenvalue weighted by atomic mass is 10.0. The molecule has 1 saturated heterocycles. The summed E-state index contributed by atoms with van der Waals surface area (Å²) >= 11 is 0. The summed E-state index contributed by atoms with van der Waals surface area (Å²) in [5, 5.41) is 2.29. The van der Waals surface area contributed by atoms with Crippen molar-refractivity contribution in [3.8, 4) is 23.0 Å². The van der Waals surface area contributed by atoms with Crippen molar-refractivity contribution in [3.63, 3.8) is 0 Å². The predicted octanol–water partition coefficient (Wildman–Crippen LogP) is 5.10. The molecule has 1 unspecified atom stereocenters. The number of rotatable bonds is 12. The van der Waals surface area contributed by atoms with Gasteiger partial charge in [-0.05, 0) is 62.9 Å². The van der Waals surface area contributed by atoms with E-state index in [4.69, 9.17) is 14.2 Å². The van der Waals surface area contributed by atoms with Gasteiger partial charge in [0.1, 0.15) is 5.75 Å². The molecule has 1 aromatic heterocycles. The monoisotopic (exact) mass is 599 g/mol. The number of aromatic nitrogens is 1. The number of halogens is 1. The quantitative estimate of drug-likeness (QED) is 0.275. The van der Waals surface area contributed by atoms with Crippen molar-refractivity contribution in [2.24, 2.45) is 5.92 Å². The van der Waals surface area contributed by atoms with Gasteiger partial charge >= 0.3 is 0 Å². The highest BCUT2D eigenvalue weighted by atomic mass is 32.2. The van der Waals surface area contributed by atoms with Crippen LogP contribution in [-0.4, -0.2) is 69.8 Å². The lowest BCUT2D eigenvalue weighted by molar-refractivity contribution is 0.169. The highest BCUT2D eigenvalue weighted by molar-refractivity contribution is 7.96. The molecule has 226 valence electrons. The molecule has 3 aromatic rings. The number of sulfonamides is 1. The number of hydrogen-bond donors (Lipinski definition) is 2. The van der Waals surface area contributed by atoms with Crippen LogP contribution in [0.15, 0.2) is 53.7 Å². The highest BCUT2D eigenvalue weighted by Crippen LogP contribution is 2.38. The molecular formula is C30H38FN5O5S. The van der Waals surface area contributed by atoms with Crippen LogP contribution in [-0.2, 0) is 10.0 Å². The van der Waals surface area contributed by atoms with Gasteiger partial charge in [-0.3, -0.25) is 9.71 Å². The van der Waals surface area contributed by atoms with Crippen molar-refractivity contribution in [2.45, 2.75) is 33.1 Å². The van der Waals surface area contributed by atoms with E-state index in [1.54, 1.807) is 36.5 Å². The Morgan fingerprint density at radius 2 is 2.00 bits per heavy atom. The number of fused-ring (bicyclic) bond motifs is 1. The number of piperidine rings is 1. The lowest BCUT2D eigenvalue weighted by Crippen LogP contribution is -2.35. The Morgan fingerprint density at radius 3 is 2.74 bits per heavy atom. The molecule has 0 saturated carbocycles. The first kappa shape index (κ1) is 29.9. The molecule has 2 N–H and O–H groups in total. The number of hydrazine groups is 1. The van der Waals surface area contributed by atoms with Crippen molar-refractivity contribution in [3.05, 3.63) is 59.5 Å². The maximum absolute atomic E-state index is 15.1. The zero-order valence-electron chi connectivity index (χ0n) is 24.2. The summed E-state index contributed by atoms with van der Waals surface area (Å²) < 4.78 is 60.5. The Labute approximate surface area is 246 Å². The van der Waals surface area contributed by atoms with Gasteiger partial charge in [-0.1, -0.05) is 6.92 Å². The van der Waals surface area contributed by atoms with Gasteiger partial charge in [-0.15, -0.1) is 0 Å². The van der Waals surface area contributed by atoms with Gasteiger partial charge in [0.05, 0.1) is 36.4 Å². The minimum atomic E-state index is -3.84. The topological polar surface area (TPSA) is 105 Å². The second-order valence-electron chi connectivity index (χ2n) is 10.6. The first-order valence-electron chi connectivity index (χ1n) is 14.3. The zero-order valence-corrected chi connectivity index (χ0v) is 25.0. The van der Waals surface area contributed by atoms with Crippen LogP contribution in [0.1, 0.15) is 33.1 Å². The van der Waals surface area contributed by atoms with E-state index < -0.39 is 15.8 Å². The van der Waals surface area contributed by atoms with Crippen molar-refractivity contribution in [2.75, 3.05) is 51.2 Å². The molecule has 0 aliphatic carbocycles. The van der Waals surface area contributed by atoms with Crippen LogP contribution < -0.4 is 24.4 Å². The van der Waals surface area contributed by atoms with Crippen molar-refractivity contribution >= 4 is 26.6 Å². The first-order chi connectivity index (χ1) is 20.3. The summed E-state index contributed by atoms with van der Waals surface area (Å²) in [5.74, 6) is 1.44. The fourth-order valence-corrected chi connectivity index (χ4v) is 6.34. The minimum absolute atomic E-state index is 0.0596. The SMILES string of the molecule is CCN1C=C(S(=O)(=O)Nc2ccc(Oc3ccnc4cc(OCCCN5CCCC(C)C5)c(OC)cc34)c(F)c2)CN1. The average Bonchev–Trinajstić information content (AvgIpc) is 3.47. The Morgan fingerprint density at radius 1 is 1.14 bits per heavy atom. The smallest absolute Gasteiger partial charge is 0.260 e. The van der Waals surface area contributed by atoms with E-state index in [1.807, 2.05) is 6.92 Å². The van der Waals surface area contributed by atoms with E-state index in [2.05, 4.69) is 27.0 Å². The van der Waals surface area contributed by atoms with Crippen molar-refractivity contribution in [1.82, 2.24) is 20.3 Å². The van der Waals surface area contributed by atoms with Crippen LogP contribution in [0.3, 0.4) is 0 Å². The van der Waals surface area contributed by atoms with Gasteiger partial charge in [0.2, 0.25) is 0 Å². The molecule has 0 spiro atoms. The second kappa shape index (κ2) is 13.1. The molecule has 0 radical (unpaired) electrons. The third-order valence-corrected chi connectivity index (χ3v) is 8.89. The fourth-order valence-electron chi connectivity index (χ4n) is 5.25. The van der Waals surface area contributed by atoms with Gasteiger partial charge in [-0.2, -0.15) is 0 Å². The van der Waals surface area contributed by atoms with E-state index in [0.29, 0.717) is 41.3 Å². The Hall–Kier alpha value is -3.61. The normalized spacial score (nSPS) is 17.8. The van der Waals surface area contributed by atoms with Crippen LogP contribution in [0.5, 0.6) is 23.0 Å². The number of anilines is 1. The number of methoxy groups -OCH3 is 1. The Kier molecular flexibility index (Phi) is 9.34. The van der Waals surface area contributed by atoms with Gasteiger partial charge in [0.15, 0.2) is 23.1 Å². The van der Waals surface area contributed by atoms with E-state index in [-0.39, 0.29) is 22.9 Å². The van der Waals surface area contributed by atoms with E-state index >= 15 is 4.39 Å². The highest BCUT2D eigenvalue weighted by Gasteiger charge is 2.24. The fraction of sp³-hybridized carbons (Fsp3) is 0.433. The molecule has 12 heteroatoms. The molecule has 1 fully saturated rings. The molecule has 2 aliphatic heterocycles.